The van der Waals surface area contributed by atoms with Gasteiger partial charge in [-0.05, 0) is 49.3 Å². The van der Waals surface area contributed by atoms with Crippen LogP contribution in [0.3, 0.4) is 0 Å². The van der Waals surface area contributed by atoms with Crippen molar-refractivity contribution >= 4 is 5.78 Å². The lowest BCUT2D eigenvalue weighted by atomic mass is 9.66. The van der Waals surface area contributed by atoms with E-state index in [9.17, 15) is 9.18 Å². The molecule has 1 atom stereocenters. The van der Waals surface area contributed by atoms with E-state index in [1.54, 1.807) is 0 Å². The molecule has 0 aromatic heterocycles. The number of aryl methyl sites for hydroxylation is 2. The molecule has 0 heterocycles. The molecule has 0 bridgehead atoms. The number of Topliss-reactive ketones (excluding diaryl/α,β-unsaturated/α-hetero) is 1. The Balaban J connectivity index is 2.39. The Morgan fingerprint density at radius 2 is 1.95 bits per heavy atom. The number of halogens is 1. The molecule has 0 amide bonds. The number of hydrogen-bond donors (Lipinski definition) is 0. The number of rotatable bonds is 2. The third-order valence-electron chi connectivity index (χ3n) is 4.50. The highest BCUT2D eigenvalue weighted by molar-refractivity contribution is 6.00. The fourth-order valence-corrected chi connectivity index (χ4v) is 3.38. The summed E-state index contributed by atoms with van der Waals surface area (Å²) in [6, 6.07) is 3.36. The van der Waals surface area contributed by atoms with Crippen LogP contribution in [0.1, 0.15) is 61.0 Å². The highest BCUT2D eigenvalue weighted by Crippen LogP contribution is 2.42. The van der Waals surface area contributed by atoms with Crippen molar-refractivity contribution in [2.24, 2.45) is 11.3 Å². The maximum atomic E-state index is 14.1. The van der Waals surface area contributed by atoms with Crippen LogP contribution in [0.4, 0.5) is 4.39 Å². The molecular formula is C17H23FO. The van der Waals surface area contributed by atoms with Crippen LogP contribution in [0.2, 0.25) is 0 Å². The normalized spacial score (nSPS) is 22.3. The first kappa shape index (κ1) is 14.2. The molecule has 1 unspecified atom stereocenters. The molecule has 1 aromatic rings. The van der Waals surface area contributed by atoms with Crippen molar-refractivity contribution in [2.75, 3.05) is 0 Å². The Kier molecular flexibility index (Phi) is 3.80. The van der Waals surface area contributed by atoms with Crippen LogP contribution < -0.4 is 0 Å². The molecule has 0 N–H and O–H groups in total. The van der Waals surface area contributed by atoms with Gasteiger partial charge in [0.05, 0.1) is 5.56 Å². The van der Waals surface area contributed by atoms with Crippen molar-refractivity contribution in [3.05, 3.63) is 34.6 Å². The lowest BCUT2D eigenvalue weighted by Gasteiger charge is -2.37. The van der Waals surface area contributed by atoms with Crippen LogP contribution in [-0.4, -0.2) is 5.78 Å². The van der Waals surface area contributed by atoms with Crippen molar-refractivity contribution in [1.29, 1.82) is 0 Å². The van der Waals surface area contributed by atoms with Gasteiger partial charge >= 0.3 is 0 Å². The highest BCUT2D eigenvalue weighted by Gasteiger charge is 2.38. The van der Waals surface area contributed by atoms with Crippen molar-refractivity contribution in [3.8, 4) is 0 Å². The van der Waals surface area contributed by atoms with Gasteiger partial charge in [0.15, 0.2) is 5.78 Å². The second-order valence-corrected chi connectivity index (χ2v) is 6.59. The van der Waals surface area contributed by atoms with Crippen molar-refractivity contribution in [2.45, 2.75) is 53.4 Å². The molecule has 0 aliphatic heterocycles. The van der Waals surface area contributed by atoms with Crippen molar-refractivity contribution in [3.63, 3.8) is 0 Å². The van der Waals surface area contributed by atoms with E-state index in [4.69, 9.17) is 0 Å². The molecule has 1 nitrogen and oxygen atoms in total. The summed E-state index contributed by atoms with van der Waals surface area (Å²) in [5.41, 5.74) is 1.93. The number of carbonyl (C=O) groups excluding carboxylic acids is 1. The van der Waals surface area contributed by atoms with Gasteiger partial charge in [-0.15, -0.1) is 0 Å². The predicted octanol–water partition coefficient (Wildman–Crippen LogP) is 4.84. The van der Waals surface area contributed by atoms with E-state index < -0.39 is 0 Å². The molecule has 1 saturated carbocycles. The summed E-state index contributed by atoms with van der Waals surface area (Å²) >= 11 is 0. The molecule has 19 heavy (non-hydrogen) atoms. The lowest BCUT2D eigenvalue weighted by molar-refractivity contribution is 0.0692. The topological polar surface area (TPSA) is 17.1 Å². The van der Waals surface area contributed by atoms with Gasteiger partial charge in [-0.1, -0.05) is 32.8 Å². The zero-order valence-electron chi connectivity index (χ0n) is 12.3. The Morgan fingerprint density at radius 1 is 1.26 bits per heavy atom. The Morgan fingerprint density at radius 3 is 2.53 bits per heavy atom. The number of carbonyl (C=O) groups is 1. The summed E-state index contributed by atoms with van der Waals surface area (Å²) in [6.45, 7) is 7.96. The minimum Gasteiger partial charge on any atom is -0.294 e. The van der Waals surface area contributed by atoms with Gasteiger partial charge in [0.25, 0.3) is 0 Å². The molecule has 2 rings (SSSR count). The van der Waals surface area contributed by atoms with E-state index in [1.807, 2.05) is 19.9 Å². The first-order chi connectivity index (χ1) is 8.83. The molecule has 1 aromatic carbocycles. The minimum absolute atomic E-state index is 0.000278. The second kappa shape index (κ2) is 5.07. The van der Waals surface area contributed by atoms with E-state index in [0.29, 0.717) is 5.56 Å². The molecule has 1 aliphatic rings. The van der Waals surface area contributed by atoms with Gasteiger partial charge in [-0.25, -0.2) is 4.39 Å². The Bertz CT molecular complexity index is 479. The summed E-state index contributed by atoms with van der Waals surface area (Å²) in [5.74, 6) is -0.402. The molecule has 1 fully saturated rings. The third-order valence-corrected chi connectivity index (χ3v) is 4.50. The number of benzene rings is 1. The van der Waals surface area contributed by atoms with E-state index in [0.717, 1.165) is 30.4 Å². The van der Waals surface area contributed by atoms with Crippen LogP contribution in [-0.2, 0) is 0 Å². The maximum absolute atomic E-state index is 14.1. The van der Waals surface area contributed by atoms with Crippen LogP contribution in [0.25, 0.3) is 0 Å². The van der Waals surface area contributed by atoms with Crippen molar-refractivity contribution in [1.82, 2.24) is 0 Å². The van der Waals surface area contributed by atoms with Gasteiger partial charge in [-0.2, -0.15) is 0 Å². The average Bonchev–Trinajstić information content (AvgIpc) is 2.26. The largest absolute Gasteiger partial charge is 0.294 e. The Hall–Kier alpha value is -1.18. The standard InChI is InChI=1S/C17H23FO/c1-11-9-12(2)15(14(18)10-11)16(19)13-7-5-6-8-17(13,3)4/h9-10,13H,5-8H2,1-4H3. The van der Waals surface area contributed by atoms with Crippen LogP contribution >= 0.6 is 0 Å². The fourth-order valence-electron chi connectivity index (χ4n) is 3.38. The van der Waals surface area contributed by atoms with E-state index in [2.05, 4.69) is 13.8 Å². The number of ketones is 1. The van der Waals surface area contributed by atoms with Gasteiger partial charge in [-0.3, -0.25) is 4.79 Å². The molecular weight excluding hydrogens is 239 g/mol. The molecule has 0 saturated heterocycles. The third kappa shape index (κ3) is 2.72. The van der Waals surface area contributed by atoms with Gasteiger partial charge in [0.2, 0.25) is 0 Å². The molecule has 0 radical (unpaired) electrons. The monoisotopic (exact) mass is 262 g/mol. The van der Waals surface area contributed by atoms with Gasteiger partial charge in [0, 0.05) is 5.92 Å². The van der Waals surface area contributed by atoms with E-state index in [-0.39, 0.29) is 22.9 Å². The van der Waals surface area contributed by atoms with E-state index >= 15 is 0 Å². The van der Waals surface area contributed by atoms with Crippen molar-refractivity contribution < 1.29 is 9.18 Å². The second-order valence-electron chi connectivity index (χ2n) is 6.59. The summed E-state index contributed by atoms with van der Waals surface area (Å²) in [7, 11) is 0. The molecule has 1 aliphatic carbocycles. The zero-order chi connectivity index (χ0) is 14.2. The smallest absolute Gasteiger partial charge is 0.169 e. The van der Waals surface area contributed by atoms with Crippen LogP contribution in [0.15, 0.2) is 12.1 Å². The predicted molar refractivity (Wildman–Crippen MR) is 75.9 cm³/mol. The van der Waals surface area contributed by atoms with Gasteiger partial charge < -0.3 is 0 Å². The maximum Gasteiger partial charge on any atom is 0.169 e. The minimum atomic E-state index is -0.358. The summed E-state index contributed by atoms with van der Waals surface area (Å²) in [6.07, 6.45) is 4.19. The summed E-state index contributed by atoms with van der Waals surface area (Å²) in [4.78, 5) is 12.7. The fraction of sp³-hybridized carbons (Fsp3) is 0.588. The lowest BCUT2D eigenvalue weighted by Crippen LogP contribution is -2.34. The SMILES string of the molecule is Cc1cc(C)c(C(=O)C2CCCCC2(C)C)c(F)c1. The Labute approximate surface area is 115 Å². The van der Waals surface area contributed by atoms with Gasteiger partial charge in [0.1, 0.15) is 5.82 Å². The zero-order valence-corrected chi connectivity index (χ0v) is 12.3. The van der Waals surface area contributed by atoms with E-state index in [1.165, 1.54) is 12.5 Å². The summed E-state index contributed by atoms with van der Waals surface area (Å²) in [5, 5.41) is 0. The first-order valence-electron chi connectivity index (χ1n) is 7.14. The molecule has 104 valence electrons. The van der Waals surface area contributed by atoms with Crippen LogP contribution in [0, 0.1) is 31.0 Å². The molecule has 0 spiro atoms. The summed E-state index contributed by atoms with van der Waals surface area (Å²) < 4.78 is 14.1. The first-order valence-corrected chi connectivity index (χ1v) is 7.14. The van der Waals surface area contributed by atoms with Crippen LogP contribution in [0.5, 0.6) is 0 Å². The number of hydrogen-bond acceptors (Lipinski definition) is 1. The quantitative estimate of drug-likeness (QED) is 0.697. The molecule has 2 heteroatoms. The average molecular weight is 262 g/mol. The highest BCUT2D eigenvalue weighted by atomic mass is 19.1.